The normalized spacial score (nSPS) is 18.4. The van der Waals surface area contributed by atoms with E-state index in [1.807, 2.05) is 0 Å². The average molecular weight is 521 g/mol. The van der Waals surface area contributed by atoms with Crippen LogP contribution in [0.4, 0.5) is 13.2 Å². The molecule has 198 valence electrons. The Hall–Kier alpha value is -3.93. The molecule has 0 spiro atoms. The lowest BCUT2D eigenvalue weighted by Crippen LogP contribution is -2.60. The zero-order valence-corrected chi connectivity index (χ0v) is 20.1. The predicted molar refractivity (Wildman–Crippen MR) is 125 cm³/mol. The third-order valence-corrected chi connectivity index (χ3v) is 6.25. The highest BCUT2D eigenvalue weighted by Crippen LogP contribution is 2.22. The molecule has 4 N–H and O–H groups in total. The second kappa shape index (κ2) is 11.0. The first-order valence-corrected chi connectivity index (χ1v) is 11.4. The first-order chi connectivity index (χ1) is 17.3. The molecule has 3 rings (SSSR count). The number of carboxylic acids is 2. The molecule has 0 aliphatic carbocycles. The van der Waals surface area contributed by atoms with Crippen LogP contribution >= 0.6 is 0 Å². The van der Waals surface area contributed by atoms with Gasteiger partial charge < -0.3 is 25.7 Å². The molecular weight excluding hydrogens is 495 g/mol. The molecule has 0 radical (unpaired) electrons. The molecule has 9 nitrogen and oxygen atoms in total. The van der Waals surface area contributed by atoms with Crippen LogP contribution in [0.25, 0.3) is 0 Å². The zero-order valence-electron chi connectivity index (χ0n) is 20.1. The lowest BCUT2D eigenvalue weighted by Gasteiger charge is -2.44. The maximum Gasteiger partial charge on any atom is 0.335 e. The monoisotopic (exact) mass is 521 g/mol. The van der Waals surface area contributed by atoms with E-state index < -0.39 is 53.4 Å². The molecular formula is C25H26F3N3O6. The Bertz CT molecular complexity index is 1220. The van der Waals surface area contributed by atoms with Crippen molar-refractivity contribution in [3.05, 3.63) is 70.0 Å². The van der Waals surface area contributed by atoms with Crippen LogP contribution in [0.1, 0.15) is 56.9 Å². The summed E-state index contributed by atoms with van der Waals surface area (Å²) in [7, 11) is 0. The summed E-state index contributed by atoms with van der Waals surface area (Å²) in [6, 6.07) is 2.44. The number of carbonyl (C=O) groups is 4. The molecule has 12 heteroatoms. The molecule has 0 bridgehead atoms. The maximum absolute atomic E-state index is 13.9. The van der Waals surface area contributed by atoms with Gasteiger partial charge in [-0.3, -0.25) is 9.59 Å². The van der Waals surface area contributed by atoms with Crippen molar-refractivity contribution in [2.75, 3.05) is 13.1 Å². The molecule has 1 heterocycles. The van der Waals surface area contributed by atoms with Gasteiger partial charge in [0.1, 0.15) is 5.82 Å². The number of carbonyl (C=O) groups excluding carboxylic acids is 2. The molecule has 37 heavy (non-hydrogen) atoms. The summed E-state index contributed by atoms with van der Waals surface area (Å²) in [6.07, 6.45) is -0.394. The van der Waals surface area contributed by atoms with Crippen LogP contribution < -0.4 is 5.73 Å². The Morgan fingerprint density at radius 1 is 0.838 bits per heavy atom. The Labute approximate surface area is 210 Å². The predicted octanol–water partition coefficient (Wildman–Crippen LogP) is 2.52. The Morgan fingerprint density at radius 2 is 1.32 bits per heavy atom. The van der Waals surface area contributed by atoms with E-state index in [2.05, 4.69) is 0 Å². The second-order valence-electron chi connectivity index (χ2n) is 9.14. The van der Waals surface area contributed by atoms with Crippen molar-refractivity contribution in [1.82, 2.24) is 9.80 Å². The smallest absolute Gasteiger partial charge is 0.335 e. The summed E-state index contributed by atoms with van der Waals surface area (Å²) >= 11 is 0. The molecule has 1 aliphatic rings. The van der Waals surface area contributed by atoms with Gasteiger partial charge >= 0.3 is 11.9 Å². The molecule has 0 aromatic heterocycles. The number of nitrogens with zero attached hydrogens (tertiary/aromatic N) is 2. The highest BCUT2D eigenvalue weighted by Gasteiger charge is 2.35. The molecule has 2 amide bonds. The molecule has 2 aromatic rings. The van der Waals surface area contributed by atoms with Crippen molar-refractivity contribution >= 4 is 23.8 Å². The third kappa shape index (κ3) is 6.26. The summed E-state index contributed by atoms with van der Waals surface area (Å²) in [5, 5.41) is 18.6. The largest absolute Gasteiger partial charge is 0.478 e. The van der Waals surface area contributed by atoms with Gasteiger partial charge in [0.15, 0.2) is 11.6 Å². The first-order valence-electron chi connectivity index (χ1n) is 11.4. The van der Waals surface area contributed by atoms with E-state index in [9.17, 15) is 42.6 Å². The fourth-order valence-electron chi connectivity index (χ4n) is 4.34. The first kappa shape index (κ1) is 27.7. The minimum Gasteiger partial charge on any atom is -0.478 e. The highest BCUT2D eigenvalue weighted by molar-refractivity contribution is 6.01. The van der Waals surface area contributed by atoms with E-state index in [0.717, 1.165) is 18.2 Å². The van der Waals surface area contributed by atoms with E-state index in [1.165, 1.54) is 9.80 Å². The molecule has 1 fully saturated rings. The van der Waals surface area contributed by atoms with Crippen LogP contribution in [0.2, 0.25) is 0 Å². The number of nitrogens with two attached hydrogens (primary N) is 1. The number of halogens is 3. The standard InChI is InChI=1S/C25H26F3N3O6/c1-12-11-31(23(33)15-3-16(24(34)35)5-17(4-15)25(36)37)13(2)10-30(12)22(32)8-18(29)6-14-7-20(27)21(28)9-19(14)26/h3-5,7,9,12-13,18H,6,8,10-11,29H2,1-2H3,(H,34,35)(H,36,37)/t12?,13?,18-/m1/s1. The topological polar surface area (TPSA) is 141 Å². The van der Waals surface area contributed by atoms with Gasteiger partial charge in [0.2, 0.25) is 5.91 Å². The number of benzene rings is 2. The number of aromatic carboxylic acids is 2. The van der Waals surface area contributed by atoms with Crippen LogP contribution in [-0.2, 0) is 11.2 Å². The van der Waals surface area contributed by atoms with Gasteiger partial charge in [0.25, 0.3) is 5.91 Å². The van der Waals surface area contributed by atoms with Crippen LogP contribution in [-0.4, -0.2) is 75.0 Å². The quantitative estimate of drug-likeness (QED) is 0.476. The number of hydrogen-bond acceptors (Lipinski definition) is 5. The third-order valence-electron chi connectivity index (χ3n) is 6.25. The van der Waals surface area contributed by atoms with Crippen molar-refractivity contribution in [1.29, 1.82) is 0 Å². The number of piperazine rings is 1. The van der Waals surface area contributed by atoms with E-state index in [1.54, 1.807) is 13.8 Å². The van der Waals surface area contributed by atoms with Crippen molar-refractivity contribution in [3.8, 4) is 0 Å². The fraction of sp³-hybridized carbons (Fsp3) is 0.360. The van der Waals surface area contributed by atoms with Crippen molar-refractivity contribution < 1.29 is 42.6 Å². The van der Waals surface area contributed by atoms with Gasteiger partial charge in [0.05, 0.1) is 11.1 Å². The van der Waals surface area contributed by atoms with E-state index in [4.69, 9.17) is 5.73 Å². The number of rotatable bonds is 7. The summed E-state index contributed by atoms with van der Waals surface area (Å²) in [6.45, 7) is 3.57. The minimum absolute atomic E-state index is 0.0818. The van der Waals surface area contributed by atoms with Crippen LogP contribution in [0.5, 0.6) is 0 Å². The van der Waals surface area contributed by atoms with Gasteiger partial charge in [0, 0.05) is 49.3 Å². The van der Waals surface area contributed by atoms with Gasteiger partial charge in [-0.15, -0.1) is 0 Å². The summed E-state index contributed by atoms with van der Waals surface area (Å²) < 4.78 is 40.5. The molecule has 0 saturated carbocycles. The van der Waals surface area contributed by atoms with Crippen molar-refractivity contribution in [2.45, 2.75) is 44.8 Å². The zero-order chi connectivity index (χ0) is 27.6. The second-order valence-corrected chi connectivity index (χ2v) is 9.14. The maximum atomic E-state index is 13.9. The number of amides is 2. The molecule has 3 atom stereocenters. The van der Waals surface area contributed by atoms with Gasteiger partial charge in [-0.1, -0.05) is 0 Å². The molecule has 1 saturated heterocycles. The SMILES string of the molecule is CC1CN(C(=O)c2cc(C(=O)O)cc(C(=O)O)c2)C(C)CN1C(=O)C[C@H](N)Cc1cc(F)c(F)cc1F. The highest BCUT2D eigenvalue weighted by atomic mass is 19.2. The molecule has 2 aromatic carbocycles. The fourth-order valence-corrected chi connectivity index (χ4v) is 4.34. The Balaban J connectivity index is 1.70. The minimum atomic E-state index is -1.38. The molecule has 1 aliphatic heterocycles. The van der Waals surface area contributed by atoms with E-state index in [-0.39, 0.29) is 54.1 Å². The van der Waals surface area contributed by atoms with Crippen molar-refractivity contribution in [2.24, 2.45) is 5.73 Å². The summed E-state index contributed by atoms with van der Waals surface area (Å²) in [5.74, 6) is -7.22. The summed E-state index contributed by atoms with van der Waals surface area (Å²) in [4.78, 5) is 51.8. The number of hydrogen-bond donors (Lipinski definition) is 3. The van der Waals surface area contributed by atoms with Gasteiger partial charge in [-0.25, -0.2) is 22.8 Å². The van der Waals surface area contributed by atoms with E-state index in [0.29, 0.717) is 12.1 Å². The molecule has 2 unspecified atom stereocenters. The lowest BCUT2D eigenvalue weighted by atomic mass is 10.00. The van der Waals surface area contributed by atoms with Crippen LogP contribution in [0.15, 0.2) is 30.3 Å². The van der Waals surface area contributed by atoms with Gasteiger partial charge in [-0.05, 0) is 50.1 Å². The van der Waals surface area contributed by atoms with Crippen molar-refractivity contribution in [3.63, 3.8) is 0 Å². The number of carboxylic acid groups (broad SMARTS) is 2. The van der Waals surface area contributed by atoms with Crippen LogP contribution in [0.3, 0.4) is 0 Å². The lowest BCUT2D eigenvalue weighted by molar-refractivity contribution is -0.136. The Kier molecular flexibility index (Phi) is 8.22. The summed E-state index contributed by atoms with van der Waals surface area (Å²) in [5.41, 5.74) is 5.04. The van der Waals surface area contributed by atoms with E-state index >= 15 is 0 Å². The van der Waals surface area contributed by atoms with Crippen LogP contribution in [0, 0.1) is 17.5 Å². The Morgan fingerprint density at radius 3 is 1.89 bits per heavy atom. The average Bonchev–Trinajstić information content (AvgIpc) is 2.82. The van der Waals surface area contributed by atoms with Gasteiger partial charge in [-0.2, -0.15) is 0 Å².